The number of nitrogens with one attached hydrogen (secondary N) is 2. The molecule has 2 amide bonds. The predicted octanol–water partition coefficient (Wildman–Crippen LogP) is 5.39. The number of benzene rings is 3. The number of halogens is 1. The normalized spacial score (nSPS) is 15.4. The average Bonchev–Trinajstić information content (AvgIpc) is 3.70. The molecule has 234 valence electrons. The Morgan fingerprint density at radius 3 is 2.31 bits per heavy atom. The van der Waals surface area contributed by atoms with Crippen LogP contribution in [0, 0.1) is 5.82 Å². The van der Waals surface area contributed by atoms with Crippen molar-refractivity contribution in [3.63, 3.8) is 0 Å². The van der Waals surface area contributed by atoms with Crippen LogP contribution in [0.3, 0.4) is 0 Å². The first-order valence-electron chi connectivity index (χ1n) is 15.6. The smallest absolute Gasteiger partial charge is 0.307 e. The highest BCUT2D eigenvalue weighted by Gasteiger charge is 2.23. The van der Waals surface area contributed by atoms with E-state index in [0.29, 0.717) is 17.9 Å². The van der Waals surface area contributed by atoms with Crippen LogP contribution in [-0.4, -0.2) is 70.3 Å². The molecule has 2 aliphatic rings. The van der Waals surface area contributed by atoms with Crippen LogP contribution in [0.25, 0.3) is 10.9 Å². The van der Waals surface area contributed by atoms with Crippen LogP contribution < -0.4 is 15.5 Å². The number of likely N-dealkylation sites (tertiary alicyclic amines) is 1. The molecule has 3 heterocycles. The lowest BCUT2D eigenvalue weighted by molar-refractivity contribution is -0.136. The first kappa shape index (κ1) is 30.3. The molecule has 3 N–H and O–H groups in total. The minimum Gasteiger partial charge on any atom is -0.481 e. The second kappa shape index (κ2) is 13.5. The number of nitrogens with zero attached hydrogens (tertiary/aromatic N) is 4. The zero-order valence-corrected chi connectivity index (χ0v) is 25.1. The molecule has 2 saturated heterocycles. The Kier molecular flexibility index (Phi) is 9.06. The quantitative estimate of drug-likeness (QED) is 0.220. The molecular weight excluding hydrogens is 575 g/mol. The van der Waals surface area contributed by atoms with E-state index in [1.165, 1.54) is 25.0 Å². The Hall–Kier alpha value is -4.77. The van der Waals surface area contributed by atoms with Gasteiger partial charge in [0, 0.05) is 36.3 Å². The Balaban J connectivity index is 1.29. The van der Waals surface area contributed by atoms with Gasteiger partial charge < -0.3 is 25.5 Å². The molecule has 4 aromatic rings. The number of hydrogen-bond acceptors (Lipinski definition) is 6. The van der Waals surface area contributed by atoms with Gasteiger partial charge in [0.25, 0.3) is 11.8 Å². The van der Waals surface area contributed by atoms with Gasteiger partial charge in [-0.25, -0.2) is 4.39 Å². The van der Waals surface area contributed by atoms with Crippen molar-refractivity contribution in [2.75, 3.05) is 48.3 Å². The number of carbonyl (C=O) groups excluding carboxylic acids is 2. The first-order valence-corrected chi connectivity index (χ1v) is 15.6. The van der Waals surface area contributed by atoms with E-state index in [-0.39, 0.29) is 22.7 Å². The fraction of sp³-hybridized carbons (Fsp3) is 0.353. The molecule has 0 unspecified atom stereocenters. The zero-order chi connectivity index (χ0) is 31.3. The summed E-state index contributed by atoms with van der Waals surface area (Å²) in [5.41, 5.74) is 3.12. The standard InChI is InChI=1S/C34H37FN6O4/c35-25-11-12-27(24(20-25)22-31(42)43)36-33(44)23-10-13-30(40-16-4-1-5-17-40)28(21-23)37-34(45)32-26-8-2-3-9-29(26)41(38-32)19-18-39-14-6-7-15-39/h2-3,8-13,20-21H,1,4-7,14-19,22H2,(H,36,44)(H,37,45)(H,42,43). The number of amides is 2. The van der Waals surface area contributed by atoms with E-state index in [1.807, 2.05) is 35.0 Å². The fourth-order valence-corrected chi connectivity index (χ4v) is 6.27. The number of piperidine rings is 1. The molecule has 11 heteroatoms. The summed E-state index contributed by atoms with van der Waals surface area (Å²) in [6, 6.07) is 16.5. The summed E-state index contributed by atoms with van der Waals surface area (Å²) in [6.07, 6.45) is 5.16. The number of aliphatic carboxylic acids is 1. The third-order valence-electron chi connectivity index (χ3n) is 8.56. The number of rotatable bonds is 10. The molecule has 3 aromatic carbocycles. The van der Waals surface area contributed by atoms with Crippen LogP contribution in [0.1, 0.15) is 58.5 Å². The third-order valence-corrected chi connectivity index (χ3v) is 8.56. The largest absolute Gasteiger partial charge is 0.481 e. The van der Waals surface area contributed by atoms with Crippen molar-refractivity contribution < 1.29 is 23.9 Å². The highest BCUT2D eigenvalue weighted by molar-refractivity contribution is 6.13. The molecule has 1 aromatic heterocycles. The van der Waals surface area contributed by atoms with Crippen molar-refractivity contribution in [1.29, 1.82) is 0 Å². The first-order chi connectivity index (χ1) is 21.9. The van der Waals surface area contributed by atoms with Crippen molar-refractivity contribution in [2.45, 2.75) is 45.1 Å². The van der Waals surface area contributed by atoms with E-state index in [9.17, 15) is 23.9 Å². The van der Waals surface area contributed by atoms with Gasteiger partial charge in [0.1, 0.15) is 5.82 Å². The van der Waals surface area contributed by atoms with Crippen LogP contribution >= 0.6 is 0 Å². The molecule has 0 bridgehead atoms. The molecule has 0 radical (unpaired) electrons. The van der Waals surface area contributed by atoms with Gasteiger partial charge in [-0.15, -0.1) is 0 Å². The second-order valence-electron chi connectivity index (χ2n) is 11.7. The van der Waals surface area contributed by atoms with Gasteiger partial charge in [-0.2, -0.15) is 5.10 Å². The summed E-state index contributed by atoms with van der Waals surface area (Å²) >= 11 is 0. The Bertz CT molecular complexity index is 1730. The minimum atomic E-state index is -1.14. The second-order valence-corrected chi connectivity index (χ2v) is 11.7. The molecule has 0 spiro atoms. The SMILES string of the molecule is O=C(O)Cc1cc(F)ccc1NC(=O)c1ccc(N2CCCCC2)c(NC(=O)c2nn(CCN3CCCC3)c3ccccc23)c1. The molecule has 0 saturated carbocycles. The van der Waals surface area contributed by atoms with E-state index in [2.05, 4.69) is 20.4 Å². The van der Waals surface area contributed by atoms with E-state index < -0.39 is 24.1 Å². The molecule has 0 atom stereocenters. The van der Waals surface area contributed by atoms with E-state index >= 15 is 0 Å². The molecule has 45 heavy (non-hydrogen) atoms. The summed E-state index contributed by atoms with van der Waals surface area (Å²) in [4.78, 5) is 43.2. The minimum absolute atomic E-state index is 0.154. The summed E-state index contributed by atoms with van der Waals surface area (Å²) in [7, 11) is 0. The van der Waals surface area contributed by atoms with Crippen LogP contribution in [0.5, 0.6) is 0 Å². The van der Waals surface area contributed by atoms with Crippen LogP contribution in [0.4, 0.5) is 21.5 Å². The average molecular weight is 613 g/mol. The lowest BCUT2D eigenvalue weighted by Gasteiger charge is -2.30. The zero-order valence-electron chi connectivity index (χ0n) is 25.1. The third kappa shape index (κ3) is 6.99. The number of hydrogen-bond donors (Lipinski definition) is 3. The molecule has 2 fully saturated rings. The number of aromatic nitrogens is 2. The number of fused-ring (bicyclic) bond motifs is 1. The molecule has 0 aliphatic carbocycles. The van der Waals surface area contributed by atoms with Crippen LogP contribution in [0.2, 0.25) is 0 Å². The van der Waals surface area contributed by atoms with Crippen LogP contribution in [0.15, 0.2) is 60.7 Å². The van der Waals surface area contributed by atoms with Crippen LogP contribution in [-0.2, 0) is 17.8 Å². The predicted molar refractivity (Wildman–Crippen MR) is 172 cm³/mol. The Labute approximate surface area is 260 Å². The van der Waals surface area contributed by atoms with Gasteiger partial charge in [-0.05, 0) is 93.2 Å². The van der Waals surface area contributed by atoms with Gasteiger partial charge in [-0.1, -0.05) is 18.2 Å². The maximum Gasteiger partial charge on any atom is 0.307 e. The van der Waals surface area contributed by atoms with Crippen molar-refractivity contribution >= 4 is 45.7 Å². The topological polar surface area (TPSA) is 120 Å². The van der Waals surface area contributed by atoms with E-state index in [1.54, 1.807) is 12.1 Å². The summed E-state index contributed by atoms with van der Waals surface area (Å²) in [6.45, 7) is 5.36. The van der Waals surface area contributed by atoms with Crippen molar-refractivity contribution in [3.05, 3.63) is 83.3 Å². The Morgan fingerprint density at radius 2 is 1.53 bits per heavy atom. The number of carboxylic acids is 1. The van der Waals surface area contributed by atoms with E-state index in [4.69, 9.17) is 5.10 Å². The van der Waals surface area contributed by atoms with Crippen molar-refractivity contribution in [1.82, 2.24) is 14.7 Å². The number of anilines is 3. The van der Waals surface area contributed by atoms with Gasteiger partial charge in [0.05, 0.1) is 29.9 Å². The number of carbonyl (C=O) groups is 3. The lowest BCUT2D eigenvalue weighted by atomic mass is 10.1. The maximum atomic E-state index is 13.9. The fourth-order valence-electron chi connectivity index (χ4n) is 6.27. The summed E-state index contributed by atoms with van der Waals surface area (Å²) < 4.78 is 15.7. The van der Waals surface area contributed by atoms with Gasteiger partial charge in [-0.3, -0.25) is 19.1 Å². The molecule has 10 nitrogen and oxygen atoms in total. The van der Waals surface area contributed by atoms with Crippen molar-refractivity contribution in [2.24, 2.45) is 0 Å². The summed E-state index contributed by atoms with van der Waals surface area (Å²) in [5, 5.41) is 20.5. The highest BCUT2D eigenvalue weighted by atomic mass is 19.1. The van der Waals surface area contributed by atoms with Gasteiger partial charge in [0.15, 0.2) is 5.69 Å². The molecule has 2 aliphatic heterocycles. The molecule has 6 rings (SSSR count). The maximum absolute atomic E-state index is 13.9. The van der Waals surface area contributed by atoms with Crippen molar-refractivity contribution in [3.8, 4) is 0 Å². The van der Waals surface area contributed by atoms with E-state index in [0.717, 1.165) is 74.6 Å². The monoisotopic (exact) mass is 612 g/mol. The number of carboxylic acid groups (broad SMARTS) is 1. The molecular formula is C34H37FN6O4. The summed E-state index contributed by atoms with van der Waals surface area (Å²) in [5.74, 6) is -2.61. The lowest BCUT2D eigenvalue weighted by Crippen LogP contribution is -2.30. The van der Waals surface area contributed by atoms with Gasteiger partial charge >= 0.3 is 5.97 Å². The van der Waals surface area contributed by atoms with Gasteiger partial charge in [0.2, 0.25) is 0 Å². The number of para-hydroxylation sites is 1. The Morgan fingerprint density at radius 1 is 0.800 bits per heavy atom. The highest BCUT2D eigenvalue weighted by Crippen LogP contribution is 2.31.